The minimum absolute atomic E-state index is 0.116. The highest BCUT2D eigenvalue weighted by atomic mass is 32.1. The van der Waals surface area contributed by atoms with Crippen LogP contribution >= 0.6 is 11.3 Å². The second-order valence-electron chi connectivity index (χ2n) is 5.96. The van der Waals surface area contributed by atoms with Gasteiger partial charge in [-0.05, 0) is 24.1 Å². The fourth-order valence-corrected chi connectivity index (χ4v) is 3.95. The number of fused-ring (bicyclic) bond motifs is 1. The van der Waals surface area contributed by atoms with E-state index in [1.807, 2.05) is 6.92 Å². The van der Waals surface area contributed by atoms with Crippen molar-refractivity contribution in [2.75, 3.05) is 26.3 Å². The van der Waals surface area contributed by atoms with Crippen molar-refractivity contribution >= 4 is 11.3 Å². The number of thiazole rings is 1. The van der Waals surface area contributed by atoms with E-state index in [2.05, 4.69) is 33.5 Å². The number of nitrogens with zero attached hydrogens (tertiary/aromatic N) is 2. The Labute approximate surface area is 134 Å². The van der Waals surface area contributed by atoms with Crippen molar-refractivity contribution in [3.05, 3.63) is 45.4 Å². The SMILES string of the molecule is Cc1csc(C2CN(Cc3ccc4c(c3)CCO4)CCO2)n1. The van der Waals surface area contributed by atoms with E-state index in [9.17, 15) is 0 Å². The van der Waals surface area contributed by atoms with Crippen LogP contribution in [0, 0.1) is 6.92 Å². The second kappa shape index (κ2) is 5.99. The minimum atomic E-state index is 0.116. The molecule has 5 heteroatoms. The second-order valence-corrected chi connectivity index (χ2v) is 6.85. The third-order valence-corrected chi connectivity index (χ3v) is 5.28. The zero-order valence-electron chi connectivity index (χ0n) is 12.7. The van der Waals surface area contributed by atoms with Gasteiger partial charge in [-0.2, -0.15) is 0 Å². The van der Waals surface area contributed by atoms with Gasteiger partial charge in [-0.3, -0.25) is 4.90 Å². The van der Waals surface area contributed by atoms with Crippen molar-refractivity contribution in [3.8, 4) is 5.75 Å². The summed E-state index contributed by atoms with van der Waals surface area (Å²) in [6.45, 7) is 6.50. The predicted molar refractivity (Wildman–Crippen MR) is 86.5 cm³/mol. The number of ether oxygens (including phenoxy) is 2. The Morgan fingerprint density at radius 2 is 2.32 bits per heavy atom. The maximum absolute atomic E-state index is 5.91. The summed E-state index contributed by atoms with van der Waals surface area (Å²) in [6.07, 6.45) is 1.15. The molecule has 1 aromatic carbocycles. The number of rotatable bonds is 3. The van der Waals surface area contributed by atoms with Crippen molar-refractivity contribution < 1.29 is 9.47 Å². The molecule has 4 nitrogen and oxygen atoms in total. The maximum Gasteiger partial charge on any atom is 0.123 e. The summed E-state index contributed by atoms with van der Waals surface area (Å²) in [5.41, 5.74) is 3.79. The van der Waals surface area contributed by atoms with Crippen LogP contribution in [0.4, 0.5) is 0 Å². The molecule has 0 aliphatic carbocycles. The molecule has 1 atom stereocenters. The van der Waals surface area contributed by atoms with Gasteiger partial charge in [0.25, 0.3) is 0 Å². The lowest BCUT2D eigenvalue weighted by atomic mass is 10.1. The van der Waals surface area contributed by atoms with Crippen molar-refractivity contribution in [2.24, 2.45) is 0 Å². The first-order valence-electron chi connectivity index (χ1n) is 7.78. The maximum atomic E-state index is 5.91. The molecule has 3 heterocycles. The van der Waals surface area contributed by atoms with Crippen molar-refractivity contribution in [1.29, 1.82) is 0 Å². The van der Waals surface area contributed by atoms with Crippen molar-refractivity contribution in [2.45, 2.75) is 26.0 Å². The summed E-state index contributed by atoms with van der Waals surface area (Å²) in [7, 11) is 0. The number of aromatic nitrogens is 1. The Morgan fingerprint density at radius 3 is 3.18 bits per heavy atom. The average molecular weight is 316 g/mol. The fraction of sp³-hybridized carbons (Fsp3) is 0.471. The Balaban J connectivity index is 1.44. The Hall–Kier alpha value is -1.43. The molecule has 22 heavy (non-hydrogen) atoms. The number of aryl methyl sites for hydroxylation is 1. The molecular weight excluding hydrogens is 296 g/mol. The molecule has 1 fully saturated rings. The quantitative estimate of drug-likeness (QED) is 0.872. The third-order valence-electron chi connectivity index (χ3n) is 4.22. The molecule has 0 radical (unpaired) electrons. The summed E-state index contributed by atoms with van der Waals surface area (Å²) in [5, 5.41) is 3.20. The normalized spacial score (nSPS) is 21.6. The molecule has 0 amide bonds. The van der Waals surface area contributed by atoms with Gasteiger partial charge in [-0.1, -0.05) is 12.1 Å². The predicted octanol–water partition coefficient (Wildman–Crippen LogP) is 2.96. The molecule has 1 aromatic heterocycles. The molecule has 116 valence electrons. The van der Waals surface area contributed by atoms with Gasteiger partial charge in [0, 0.05) is 37.1 Å². The van der Waals surface area contributed by atoms with E-state index in [1.54, 1.807) is 11.3 Å². The molecule has 0 spiro atoms. The summed E-state index contributed by atoms with van der Waals surface area (Å²) < 4.78 is 11.5. The van der Waals surface area contributed by atoms with Gasteiger partial charge in [0.2, 0.25) is 0 Å². The average Bonchev–Trinajstić information content (AvgIpc) is 3.16. The van der Waals surface area contributed by atoms with E-state index in [0.29, 0.717) is 0 Å². The van der Waals surface area contributed by atoms with Gasteiger partial charge >= 0.3 is 0 Å². The number of hydrogen-bond donors (Lipinski definition) is 0. The van der Waals surface area contributed by atoms with E-state index in [0.717, 1.165) is 55.7 Å². The standard InChI is InChI=1S/C17H20N2O2S/c1-12-11-22-17(18-12)16-10-19(5-7-21-16)9-13-2-3-15-14(8-13)4-6-20-15/h2-3,8,11,16H,4-7,9-10H2,1H3. The molecule has 2 aliphatic rings. The minimum Gasteiger partial charge on any atom is -0.493 e. The molecule has 2 aromatic rings. The Morgan fingerprint density at radius 1 is 1.36 bits per heavy atom. The third kappa shape index (κ3) is 2.89. The topological polar surface area (TPSA) is 34.6 Å². The van der Waals surface area contributed by atoms with E-state index in [1.165, 1.54) is 11.1 Å². The van der Waals surface area contributed by atoms with Crippen LogP contribution in [-0.4, -0.2) is 36.2 Å². The van der Waals surface area contributed by atoms with Crippen LogP contribution in [0.15, 0.2) is 23.6 Å². The van der Waals surface area contributed by atoms with Crippen molar-refractivity contribution in [3.63, 3.8) is 0 Å². The highest BCUT2D eigenvalue weighted by Gasteiger charge is 2.24. The van der Waals surface area contributed by atoms with Crippen LogP contribution in [-0.2, 0) is 17.7 Å². The lowest BCUT2D eigenvalue weighted by molar-refractivity contribution is -0.0330. The van der Waals surface area contributed by atoms with Crippen LogP contribution in [0.1, 0.15) is 27.9 Å². The highest BCUT2D eigenvalue weighted by Crippen LogP contribution is 2.28. The molecule has 1 saturated heterocycles. The Kier molecular flexibility index (Phi) is 3.86. The van der Waals surface area contributed by atoms with Crippen LogP contribution < -0.4 is 4.74 Å². The monoisotopic (exact) mass is 316 g/mol. The van der Waals surface area contributed by atoms with E-state index < -0.39 is 0 Å². The van der Waals surface area contributed by atoms with Crippen LogP contribution in [0.5, 0.6) is 5.75 Å². The first kappa shape index (κ1) is 14.2. The van der Waals surface area contributed by atoms with Crippen LogP contribution in [0.2, 0.25) is 0 Å². The fourth-order valence-electron chi connectivity index (χ4n) is 3.11. The molecule has 4 rings (SSSR count). The number of benzene rings is 1. The van der Waals surface area contributed by atoms with E-state index >= 15 is 0 Å². The van der Waals surface area contributed by atoms with Gasteiger partial charge in [-0.25, -0.2) is 4.98 Å². The molecule has 1 unspecified atom stereocenters. The van der Waals surface area contributed by atoms with Gasteiger partial charge in [0.15, 0.2) is 0 Å². The molecule has 0 saturated carbocycles. The first-order valence-corrected chi connectivity index (χ1v) is 8.66. The summed E-state index contributed by atoms with van der Waals surface area (Å²) in [6, 6.07) is 6.59. The Bertz CT molecular complexity index is 670. The van der Waals surface area contributed by atoms with Crippen molar-refractivity contribution in [1.82, 2.24) is 9.88 Å². The molecule has 2 aliphatic heterocycles. The van der Waals surface area contributed by atoms with Gasteiger partial charge in [0.05, 0.1) is 13.2 Å². The van der Waals surface area contributed by atoms with Gasteiger partial charge < -0.3 is 9.47 Å². The first-order chi connectivity index (χ1) is 10.8. The van der Waals surface area contributed by atoms with Gasteiger partial charge in [0.1, 0.15) is 16.9 Å². The summed E-state index contributed by atoms with van der Waals surface area (Å²) in [5.74, 6) is 1.06. The van der Waals surface area contributed by atoms with Crippen LogP contribution in [0.3, 0.4) is 0 Å². The lowest BCUT2D eigenvalue weighted by Crippen LogP contribution is -2.37. The van der Waals surface area contributed by atoms with Gasteiger partial charge in [-0.15, -0.1) is 11.3 Å². The smallest absolute Gasteiger partial charge is 0.123 e. The zero-order valence-corrected chi connectivity index (χ0v) is 13.6. The molecular formula is C17H20N2O2S. The lowest BCUT2D eigenvalue weighted by Gasteiger charge is -2.32. The van der Waals surface area contributed by atoms with E-state index in [-0.39, 0.29) is 6.10 Å². The zero-order chi connectivity index (χ0) is 14.9. The molecule has 0 N–H and O–H groups in total. The molecule has 0 bridgehead atoms. The summed E-state index contributed by atoms with van der Waals surface area (Å²) in [4.78, 5) is 7.03. The highest BCUT2D eigenvalue weighted by molar-refractivity contribution is 7.09. The van der Waals surface area contributed by atoms with Crippen LogP contribution in [0.25, 0.3) is 0 Å². The number of morpholine rings is 1. The number of hydrogen-bond acceptors (Lipinski definition) is 5. The summed E-state index contributed by atoms with van der Waals surface area (Å²) >= 11 is 1.70. The van der Waals surface area contributed by atoms with E-state index in [4.69, 9.17) is 9.47 Å². The largest absolute Gasteiger partial charge is 0.493 e.